The van der Waals surface area contributed by atoms with E-state index in [0.29, 0.717) is 18.3 Å². The average Bonchev–Trinajstić information content (AvgIpc) is 3.03. The Labute approximate surface area is 198 Å². The first kappa shape index (κ1) is 22.5. The molecule has 4 aliphatic rings. The Morgan fingerprint density at radius 1 is 1.18 bits per heavy atom. The van der Waals surface area contributed by atoms with E-state index in [9.17, 15) is 9.90 Å². The largest absolute Gasteiger partial charge is 0.491 e. The Bertz CT molecular complexity index is 1100. The lowest BCUT2D eigenvalue weighted by Gasteiger charge is -2.53. The molecule has 5 atom stereocenters. The minimum Gasteiger partial charge on any atom is -0.491 e. The van der Waals surface area contributed by atoms with Gasteiger partial charge in [0, 0.05) is 17.8 Å². The monoisotopic (exact) mass is 444 g/mol. The molecule has 0 saturated heterocycles. The number of hydrogen-bond acceptors (Lipinski definition) is 3. The van der Waals surface area contributed by atoms with Gasteiger partial charge in [-0.05, 0) is 106 Å². The van der Waals surface area contributed by atoms with E-state index in [1.165, 1.54) is 22.3 Å². The van der Waals surface area contributed by atoms with Gasteiger partial charge in [0.1, 0.15) is 11.4 Å². The summed E-state index contributed by atoms with van der Waals surface area (Å²) in [6.45, 7) is 8.23. The van der Waals surface area contributed by atoms with Crippen molar-refractivity contribution >= 4 is 5.78 Å². The molecule has 3 heteroatoms. The van der Waals surface area contributed by atoms with E-state index in [4.69, 9.17) is 4.74 Å². The maximum absolute atomic E-state index is 12.2. The molecule has 0 aliphatic heterocycles. The molecular weight excluding hydrogens is 408 g/mol. The van der Waals surface area contributed by atoms with Crippen LogP contribution in [0.4, 0.5) is 0 Å². The number of fused-ring (bicyclic) bond motifs is 4. The van der Waals surface area contributed by atoms with Crippen LogP contribution in [0.3, 0.4) is 0 Å². The van der Waals surface area contributed by atoms with E-state index in [0.717, 1.165) is 44.3 Å². The van der Waals surface area contributed by atoms with Crippen molar-refractivity contribution in [1.29, 1.82) is 0 Å². The zero-order chi connectivity index (χ0) is 23.4. The summed E-state index contributed by atoms with van der Waals surface area (Å²) in [6.07, 6.45) is 8.20. The van der Waals surface area contributed by atoms with Crippen LogP contribution in [0, 0.1) is 29.1 Å². The number of hydrogen-bond donors (Lipinski definition) is 1. The summed E-state index contributed by atoms with van der Waals surface area (Å²) in [5, 5.41) is 11.8. The SMILES string of the molecule is CC#C[C@]1(O)CC[C@H]2[C@@H]3CCC4=CC(=O)CCC4=C3[C@@H](c3cccc(OC(C)C)c3)C[C@@]21C. The van der Waals surface area contributed by atoms with E-state index in [1.807, 2.05) is 19.1 Å². The van der Waals surface area contributed by atoms with Crippen LogP contribution in [0.5, 0.6) is 5.75 Å². The summed E-state index contributed by atoms with van der Waals surface area (Å²) >= 11 is 0. The predicted octanol–water partition coefficient (Wildman–Crippen LogP) is 6.13. The number of ketones is 1. The van der Waals surface area contributed by atoms with Crippen molar-refractivity contribution in [2.75, 3.05) is 0 Å². The van der Waals surface area contributed by atoms with Crippen LogP contribution < -0.4 is 4.74 Å². The molecule has 5 rings (SSSR count). The Morgan fingerprint density at radius 3 is 2.76 bits per heavy atom. The fourth-order valence-electron chi connectivity index (χ4n) is 7.45. The Hall–Kier alpha value is -2.31. The summed E-state index contributed by atoms with van der Waals surface area (Å²) in [7, 11) is 0. The third-order valence-electron chi connectivity index (χ3n) is 8.85. The Balaban J connectivity index is 1.67. The minimum absolute atomic E-state index is 0.122. The van der Waals surface area contributed by atoms with Crippen molar-refractivity contribution in [3.8, 4) is 17.6 Å². The van der Waals surface area contributed by atoms with Crippen LogP contribution in [-0.2, 0) is 4.79 Å². The first-order valence-corrected chi connectivity index (χ1v) is 12.7. The summed E-state index contributed by atoms with van der Waals surface area (Å²) in [5.74, 6) is 8.52. The first-order chi connectivity index (χ1) is 15.8. The van der Waals surface area contributed by atoms with Gasteiger partial charge in [0.25, 0.3) is 0 Å². The maximum atomic E-state index is 12.2. The normalized spacial score (nSPS) is 35.3. The number of benzene rings is 1. The van der Waals surface area contributed by atoms with Gasteiger partial charge in [0.2, 0.25) is 0 Å². The van der Waals surface area contributed by atoms with Gasteiger partial charge in [-0.25, -0.2) is 0 Å². The first-order valence-electron chi connectivity index (χ1n) is 12.7. The maximum Gasteiger partial charge on any atom is 0.156 e. The zero-order valence-electron chi connectivity index (χ0n) is 20.4. The lowest BCUT2D eigenvalue weighted by Crippen LogP contribution is -2.51. The zero-order valence-corrected chi connectivity index (χ0v) is 20.4. The number of rotatable bonds is 3. The molecule has 1 aromatic rings. The molecule has 0 unspecified atom stereocenters. The third kappa shape index (κ3) is 3.58. The van der Waals surface area contributed by atoms with Crippen molar-refractivity contribution in [3.63, 3.8) is 0 Å². The molecule has 33 heavy (non-hydrogen) atoms. The molecular formula is C30H36O3. The number of ether oxygens (including phenoxy) is 1. The summed E-state index contributed by atoms with van der Waals surface area (Å²) < 4.78 is 6.05. The second kappa shape index (κ2) is 8.17. The molecule has 0 aromatic heterocycles. The van der Waals surface area contributed by atoms with E-state index in [1.54, 1.807) is 0 Å². The molecule has 3 nitrogen and oxygen atoms in total. The summed E-state index contributed by atoms with van der Waals surface area (Å²) in [4.78, 5) is 12.2. The van der Waals surface area contributed by atoms with Gasteiger partial charge in [-0.1, -0.05) is 30.6 Å². The van der Waals surface area contributed by atoms with Gasteiger partial charge in [-0.2, -0.15) is 0 Å². The van der Waals surface area contributed by atoms with Crippen molar-refractivity contribution in [1.82, 2.24) is 0 Å². The summed E-state index contributed by atoms with van der Waals surface area (Å²) in [6, 6.07) is 8.55. The van der Waals surface area contributed by atoms with Crippen molar-refractivity contribution < 1.29 is 14.6 Å². The Kier molecular flexibility index (Phi) is 5.57. The molecule has 0 radical (unpaired) electrons. The van der Waals surface area contributed by atoms with Gasteiger partial charge in [-0.3, -0.25) is 4.79 Å². The molecule has 0 bridgehead atoms. The quantitative estimate of drug-likeness (QED) is 0.571. The van der Waals surface area contributed by atoms with Gasteiger partial charge >= 0.3 is 0 Å². The molecule has 2 fully saturated rings. The van der Waals surface area contributed by atoms with E-state index in [2.05, 4.69) is 50.8 Å². The van der Waals surface area contributed by atoms with Gasteiger partial charge in [-0.15, -0.1) is 5.92 Å². The van der Waals surface area contributed by atoms with Gasteiger partial charge < -0.3 is 9.84 Å². The van der Waals surface area contributed by atoms with Gasteiger partial charge in [0.05, 0.1) is 6.10 Å². The Morgan fingerprint density at radius 2 is 2.00 bits per heavy atom. The minimum atomic E-state index is -0.939. The third-order valence-corrected chi connectivity index (χ3v) is 8.85. The molecule has 1 aromatic carbocycles. The molecule has 174 valence electrons. The van der Waals surface area contributed by atoms with E-state index < -0.39 is 5.60 Å². The molecule has 0 heterocycles. The highest BCUT2D eigenvalue weighted by Crippen LogP contribution is 2.66. The topological polar surface area (TPSA) is 46.5 Å². The number of aliphatic hydroxyl groups is 1. The van der Waals surface area contributed by atoms with Crippen LogP contribution >= 0.6 is 0 Å². The lowest BCUT2D eigenvalue weighted by atomic mass is 9.51. The second-order valence-electron chi connectivity index (χ2n) is 11.0. The van der Waals surface area contributed by atoms with Crippen LogP contribution in [0.2, 0.25) is 0 Å². The van der Waals surface area contributed by atoms with E-state index in [-0.39, 0.29) is 23.2 Å². The predicted molar refractivity (Wildman–Crippen MR) is 131 cm³/mol. The highest BCUT2D eigenvalue weighted by molar-refractivity contribution is 5.93. The highest BCUT2D eigenvalue weighted by atomic mass is 16.5. The number of carbonyl (C=O) groups excluding carboxylic acids is 1. The fourth-order valence-corrected chi connectivity index (χ4v) is 7.45. The molecule has 1 N–H and O–H groups in total. The van der Waals surface area contributed by atoms with Crippen LogP contribution in [0.25, 0.3) is 0 Å². The van der Waals surface area contributed by atoms with Crippen LogP contribution in [0.1, 0.15) is 84.1 Å². The van der Waals surface area contributed by atoms with Crippen molar-refractivity contribution in [2.45, 2.75) is 90.3 Å². The second-order valence-corrected chi connectivity index (χ2v) is 11.0. The smallest absolute Gasteiger partial charge is 0.156 e. The standard InChI is InChI=1S/C30H36O3/c1-5-14-30(32)15-13-27-25-11-9-21-16-22(31)10-12-24(21)28(25)26(18-29(27,30)4)20-7-6-8-23(17-20)33-19(2)3/h6-8,16-17,19,25-27,32H,9-13,15,18H2,1-4H3/t25-,26+,27-,29-,30-/m0/s1. The lowest BCUT2D eigenvalue weighted by molar-refractivity contribution is -0.114. The van der Waals surface area contributed by atoms with Crippen LogP contribution in [-0.4, -0.2) is 22.6 Å². The van der Waals surface area contributed by atoms with Gasteiger partial charge in [0.15, 0.2) is 5.78 Å². The molecule has 4 aliphatic carbocycles. The van der Waals surface area contributed by atoms with Crippen molar-refractivity contribution in [2.24, 2.45) is 17.3 Å². The fraction of sp³-hybridized carbons (Fsp3) is 0.567. The highest BCUT2D eigenvalue weighted by Gasteiger charge is 2.62. The molecule has 0 spiro atoms. The average molecular weight is 445 g/mol. The number of allylic oxidation sites excluding steroid dienone is 4. The van der Waals surface area contributed by atoms with E-state index >= 15 is 0 Å². The summed E-state index contributed by atoms with van der Waals surface area (Å²) in [5.41, 5.74) is 4.31. The number of carbonyl (C=O) groups is 1. The van der Waals surface area contributed by atoms with Crippen molar-refractivity contribution in [3.05, 3.63) is 52.6 Å². The molecule has 2 saturated carbocycles. The molecule has 0 amide bonds. The van der Waals surface area contributed by atoms with Crippen LogP contribution in [0.15, 0.2) is 47.1 Å².